The molecule has 3 N–H and O–H groups in total. The lowest BCUT2D eigenvalue weighted by molar-refractivity contribution is -0.126. The molecule has 1 unspecified atom stereocenters. The smallest absolute Gasteiger partial charge is 0.255 e. The zero-order chi connectivity index (χ0) is 14.4. The van der Waals surface area contributed by atoms with E-state index >= 15 is 0 Å². The Morgan fingerprint density at radius 1 is 1.30 bits per heavy atom. The van der Waals surface area contributed by atoms with Crippen molar-refractivity contribution in [2.45, 2.75) is 12.6 Å². The molecular weight excluding hydrogens is 252 g/mol. The van der Waals surface area contributed by atoms with Gasteiger partial charge in [0.25, 0.3) is 5.91 Å². The van der Waals surface area contributed by atoms with Crippen LogP contribution in [0.15, 0.2) is 54.9 Å². The van der Waals surface area contributed by atoms with E-state index in [1.54, 1.807) is 12.4 Å². The summed E-state index contributed by atoms with van der Waals surface area (Å²) in [7, 11) is 1.89. The number of carbonyl (C=O) groups excluding carboxylic acids is 1. The Morgan fingerprint density at radius 2 is 2.05 bits per heavy atom. The summed E-state index contributed by atoms with van der Waals surface area (Å²) in [6.07, 6.45) is 3.52. The Labute approximate surface area is 118 Å². The molecule has 0 fully saturated rings. The maximum Gasteiger partial charge on any atom is 0.255 e. The fourth-order valence-corrected chi connectivity index (χ4v) is 2.19. The van der Waals surface area contributed by atoms with Gasteiger partial charge in [0.1, 0.15) is 6.04 Å². The van der Waals surface area contributed by atoms with Crippen molar-refractivity contribution in [1.82, 2.24) is 15.3 Å². The van der Waals surface area contributed by atoms with E-state index in [0.29, 0.717) is 6.54 Å². The van der Waals surface area contributed by atoms with Gasteiger partial charge in [-0.15, -0.1) is 0 Å². The SMILES string of the molecule is CN(Cc1cccnc1)C(C(=O)NN)c1ccccc1. The first-order chi connectivity index (χ1) is 9.72. The van der Waals surface area contributed by atoms with E-state index in [1.807, 2.05) is 54.4 Å². The van der Waals surface area contributed by atoms with Crippen LogP contribution in [0.3, 0.4) is 0 Å². The summed E-state index contributed by atoms with van der Waals surface area (Å²) in [5, 5.41) is 0. The highest BCUT2D eigenvalue weighted by atomic mass is 16.2. The van der Waals surface area contributed by atoms with E-state index in [4.69, 9.17) is 5.84 Å². The molecule has 1 aromatic heterocycles. The Balaban J connectivity index is 2.21. The fourth-order valence-electron chi connectivity index (χ4n) is 2.19. The average molecular weight is 270 g/mol. The molecule has 2 aromatic rings. The van der Waals surface area contributed by atoms with Crippen molar-refractivity contribution < 1.29 is 4.79 Å². The topological polar surface area (TPSA) is 71.2 Å². The summed E-state index contributed by atoms with van der Waals surface area (Å²) in [6, 6.07) is 13.0. The number of hydrogen-bond donors (Lipinski definition) is 2. The van der Waals surface area contributed by atoms with Crippen LogP contribution in [0.2, 0.25) is 0 Å². The Kier molecular flexibility index (Phi) is 4.81. The molecule has 0 radical (unpaired) electrons. The van der Waals surface area contributed by atoms with Crippen LogP contribution in [-0.4, -0.2) is 22.8 Å². The molecule has 1 atom stereocenters. The molecule has 1 heterocycles. The van der Waals surface area contributed by atoms with Crippen LogP contribution in [0.1, 0.15) is 17.2 Å². The number of hydrogen-bond acceptors (Lipinski definition) is 4. The lowest BCUT2D eigenvalue weighted by atomic mass is 10.0. The van der Waals surface area contributed by atoms with Crippen molar-refractivity contribution in [3.05, 3.63) is 66.0 Å². The van der Waals surface area contributed by atoms with Gasteiger partial charge >= 0.3 is 0 Å². The lowest BCUT2D eigenvalue weighted by Gasteiger charge is -2.26. The van der Waals surface area contributed by atoms with Crippen molar-refractivity contribution in [3.8, 4) is 0 Å². The highest BCUT2D eigenvalue weighted by molar-refractivity contribution is 5.82. The number of hydrazine groups is 1. The van der Waals surface area contributed by atoms with E-state index in [2.05, 4.69) is 10.4 Å². The second-order valence-corrected chi connectivity index (χ2v) is 4.60. The van der Waals surface area contributed by atoms with Gasteiger partial charge in [-0.3, -0.25) is 20.1 Å². The second kappa shape index (κ2) is 6.79. The maximum absolute atomic E-state index is 12.1. The first-order valence-corrected chi connectivity index (χ1v) is 6.37. The van der Waals surface area contributed by atoms with Gasteiger partial charge in [-0.1, -0.05) is 36.4 Å². The average Bonchev–Trinajstić information content (AvgIpc) is 2.49. The monoisotopic (exact) mass is 270 g/mol. The van der Waals surface area contributed by atoms with Crippen molar-refractivity contribution in [3.63, 3.8) is 0 Å². The third kappa shape index (κ3) is 3.40. The number of benzene rings is 1. The van der Waals surface area contributed by atoms with Crippen LogP contribution < -0.4 is 11.3 Å². The van der Waals surface area contributed by atoms with Crippen LogP contribution in [0, 0.1) is 0 Å². The van der Waals surface area contributed by atoms with Gasteiger partial charge in [-0.25, -0.2) is 5.84 Å². The third-order valence-corrected chi connectivity index (χ3v) is 3.10. The molecule has 0 saturated carbocycles. The summed E-state index contributed by atoms with van der Waals surface area (Å²) in [5.74, 6) is 5.07. The van der Waals surface area contributed by atoms with Gasteiger partial charge in [0.15, 0.2) is 0 Å². The van der Waals surface area contributed by atoms with Crippen LogP contribution >= 0.6 is 0 Å². The molecular formula is C15H18N4O. The second-order valence-electron chi connectivity index (χ2n) is 4.60. The highest BCUT2D eigenvalue weighted by Gasteiger charge is 2.24. The number of amides is 1. The molecule has 0 spiro atoms. The number of nitrogens with zero attached hydrogens (tertiary/aromatic N) is 2. The van der Waals surface area contributed by atoms with Gasteiger partial charge in [-0.2, -0.15) is 0 Å². The fraction of sp³-hybridized carbons (Fsp3) is 0.200. The summed E-state index contributed by atoms with van der Waals surface area (Å²) < 4.78 is 0. The quantitative estimate of drug-likeness (QED) is 0.487. The Bertz CT molecular complexity index is 544. The number of nitrogens with two attached hydrogens (primary N) is 1. The van der Waals surface area contributed by atoms with E-state index in [1.165, 1.54) is 0 Å². The zero-order valence-electron chi connectivity index (χ0n) is 11.4. The summed E-state index contributed by atoms with van der Waals surface area (Å²) in [4.78, 5) is 18.1. The molecule has 5 heteroatoms. The third-order valence-electron chi connectivity index (χ3n) is 3.10. The predicted molar refractivity (Wildman–Crippen MR) is 77.2 cm³/mol. The van der Waals surface area contributed by atoms with E-state index in [9.17, 15) is 4.79 Å². The molecule has 5 nitrogen and oxygen atoms in total. The van der Waals surface area contributed by atoms with Crippen molar-refractivity contribution in [2.75, 3.05) is 7.05 Å². The van der Waals surface area contributed by atoms with Crippen LogP contribution in [0.5, 0.6) is 0 Å². The Morgan fingerprint density at radius 3 is 2.65 bits per heavy atom. The van der Waals surface area contributed by atoms with Crippen molar-refractivity contribution >= 4 is 5.91 Å². The first kappa shape index (κ1) is 14.2. The minimum Gasteiger partial charge on any atom is -0.293 e. The molecule has 2 rings (SSSR count). The highest BCUT2D eigenvalue weighted by Crippen LogP contribution is 2.21. The van der Waals surface area contributed by atoms with Gasteiger partial charge < -0.3 is 0 Å². The number of carbonyl (C=O) groups is 1. The van der Waals surface area contributed by atoms with Crippen LogP contribution in [0.4, 0.5) is 0 Å². The largest absolute Gasteiger partial charge is 0.293 e. The van der Waals surface area contributed by atoms with E-state index in [0.717, 1.165) is 11.1 Å². The number of aromatic nitrogens is 1. The standard InChI is InChI=1S/C15H18N4O/c1-19(11-12-6-5-9-17-10-12)14(15(20)18-16)13-7-3-2-4-8-13/h2-10,14H,11,16H2,1H3,(H,18,20). The van der Waals surface area contributed by atoms with Crippen molar-refractivity contribution in [1.29, 1.82) is 0 Å². The van der Waals surface area contributed by atoms with E-state index < -0.39 is 6.04 Å². The molecule has 20 heavy (non-hydrogen) atoms. The lowest BCUT2D eigenvalue weighted by Crippen LogP contribution is -2.41. The normalized spacial score (nSPS) is 12.2. The zero-order valence-corrected chi connectivity index (χ0v) is 11.4. The number of likely N-dealkylation sites (N-methyl/N-ethyl adjacent to an activating group) is 1. The van der Waals surface area contributed by atoms with Gasteiger partial charge in [0.2, 0.25) is 0 Å². The van der Waals surface area contributed by atoms with Crippen LogP contribution in [0.25, 0.3) is 0 Å². The first-order valence-electron chi connectivity index (χ1n) is 6.37. The van der Waals surface area contributed by atoms with Crippen molar-refractivity contribution in [2.24, 2.45) is 5.84 Å². The summed E-state index contributed by atoms with van der Waals surface area (Å²) >= 11 is 0. The van der Waals surface area contributed by atoms with Gasteiger partial charge in [-0.05, 0) is 24.2 Å². The predicted octanol–water partition coefficient (Wildman–Crippen LogP) is 1.24. The van der Waals surface area contributed by atoms with E-state index in [-0.39, 0.29) is 5.91 Å². The molecule has 0 aliphatic heterocycles. The Hall–Kier alpha value is -2.24. The molecule has 1 aromatic carbocycles. The minimum atomic E-state index is -0.429. The van der Waals surface area contributed by atoms with Gasteiger partial charge in [0.05, 0.1) is 0 Å². The molecule has 0 saturated heterocycles. The molecule has 0 aliphatic carbocycles. The summed E-state index contributed by atoms with van der Waals surface area (Å²) in [6.45, 7) is 0.612. The van der Waals surface area contributed by atoms with Gasteiger partial charge in [0, 0.05) is 18.9 Å². The molecule has 0 bridgehead atoms. The van der Waals surface area contributed by atoms with Crippen LogP contribution in [-0.2, 0) is 11.3 Å². The molecule has 0 aliphatic rings. The molecule has 104 valence electrons. The maximum atomic E-state index is 12.1. The minimum absolute atomic E-state index is 0.234. The number of nitrogens with one attached hydrogen (secondary N) is 1. The molecule has 1 amide bonds. The summed E-state index contributed by atoms with van der Waals surface area (Å²) in [5.41, 5.74) is 4.18. The number of rotatable bonds is 5. The number of pyridine rings is 1.